The molecule has 2 heterocycles. The Hall–Kier alpha value is -2.61. The van der Waals surface area contributed by atoms with E-state index in [-0.39, 0.29) is 31.6 Å². The molecule has 0 radical (unpaired) electrons. The fraction of sp³-hybridized carbons (Fsp3) is 0.591. The van der Waals surface area contributed by atoms with Crippen molar-refractivity contribution in [1.29, 1.82) is 0 Å². The maximum absolute atomic E-state index is 13.3. The van der Waals surface area contributed by atoms with Crippen molar-refractivity contribution in [3.05, 3.63) is 35.9 Å². The summed E-state index contributed by atoms with van der Waals surface area (Å²) in [5.74, 6) is -0.170. The van der Waals surface area contributed by atoms with E-state index in [0.717, 1.165) is 18.4 Å². The normalized spacial score (nSPS) is 18.8. The molecule has 0 unspecified atom stereocenters. The highest BCUT2D eigenvalue weighted by atomic mass is 16.6. The molecule has 1 aromatic rings. The Labute approximate surface area is 177 Å². The zero-order chi connectivity index (χ0) is 21.6. The summed E-state index contributed by atoms with van der Waals surface area (Å²) in [5.41, 5.74) is -0.0469. The van der Waals surface area contributed by atoms with E-state index in [2.05, 4.69) is 0 Å². The Morgan fingerprint density at radius 3 is 2.47 bits per heavy atom. The van der Waals surface area contributed by atoms with Gasteiger partial charge in [-0.25, -0.2) is 4.79 Å². The lowest BCUT2D eigenvalue weighted by atomic mass is 9.82. The first-order valence-electron chi connectivity index (χ1n) is 10.6. The van der Waals surface area contributed by atoms with Crippen molar-refractivity contribution >= 4 is 17.9 Å². The maximum atomic E-state index is 13.3. The number of likely N-dealkylation sites (N-methyl/N-ethyl adjacent to an activating group) is 1. The van der Waals surface area contributed by atoms with Crippen LogP contribution in [0.15, 0.2) is 30.3 Å². The predicted molar refractivity (Wildman–Crippen MR) is 110 cm³/mol. The minimum Gasteiger partial charge on any atom is -0.445 e. The van der Waals surface area contributed by atoms with Crippen molar-refractivity contribution in [3.8, 4) is 0 Å². The molecule has 2 aliphatic rings. The van der Waals surface area contributed by atoms with Crippen LogP contribution in [-0.2, 0) is 20.9 Å². The second-order valence-corrected chi connectivity index (χ2v) is 8.01. The molecule has 0 spiro atoms. The van der Waals surface area contributed by atoms with Crippen LogP contribution < -0.4 is 0 Å². The van der Waals surface area contributed by atoms with Gasteiger partial charge in [0.05, 0.1) is 6.61 Å². The van der Waals surface area contributed by atoms with Crippen molar-refractivity contribution in [2.45, 2.75) is 44.2 Å². The van der Waals surface area contributed by atoms with E-state index in [4.69, 9.17) is 4.74 Å². The van der Waals surface area contributed by atoms with Gasteiger partial charge in [-0.15, -0.1) is 0 Å². The van der Waals surface area contributed by atoms with E-state index in [0.29, 0.717) is 38.9 Å². The van der Waals surface area contributed by atoms with Crippen molar-refractivity contribution in [1.82, 2.24) is 14.7 Å². The van der Waals surface area contributed by atoms with Crippen LogP contribution in [0, 0.1) is 0 Å². The molecular formula is C22H31N3O5. The van der Waals surface area contributed by atoms with Crippen molar-refractivity contribution in [2.24, 2.45) is 0 Å². The Kier molecular flexibility index (Phi) is 7.31. The molecule has 0 saturated carbocycles. The van der Waals surface area contributed by atoms with Gasteiger partial charge in [0.15, 0.2) is 0 Å². The first-order valence-corrected chi connectivity index (χ1v) is 10.6. The molecule has 164 valence electrons. The first kappa shape index (κ1) is 22.1. The highest BCUT2D eigenvalue weighted by Crippen LogP contribution is 2.34. The van der Waals surface area contributed by atoms with Gasteiger partial charge < -0.3 is 24.5 Å². The van der Waals surface area contributed by atoms with Gasteiger partial charge >= 0.3 is 6.09 Å². The smallest absolute Gasteiger partial charge is 0.410 e. The molecule has 1 N–H and O–H groups in total. The van der Waals surface area contributed by atoms with E-state index in [1.807, 2.05) is 30.3 Å². The van der Waals surface area contributed by atoms with Crippen LogP contribution in [0.1, 0.15) is 37.7 Å². The Morgan fingerprint density at radius 2 is 1.83 bits per heavy atom. The van der Waals surface area contributed by atoms with Crippen molar-refractivity contribution < 1.29 is 24.2 Å². The number of amides is 3. The lowest BCUT2D eigenvalue weighted by molar-refractivity contribution is -0.159. The van der Waals surface area contributed by atoms with E-state index in [1.54, 1.807) is 16.8 Å². The first-order chi connectivity index (χ1) is 14.5. The summed E-state index contributed by atoms with van der Waals surface area (Å²) in [5, 5.41) is 9.25. The summed E-state index contributed by atoms with van der Waals surface area (Å²) in [6.07, 6.45) is 2.48. The monoisotopic (exact) mass is 417 g/mol. The van der Waals surface area contributed by atoms with E-state index < -0.39 is 11.6 Å². The Morgan fingerprint density at radius 1 is 1.13 bits per heavy atom. The van der Waals surface area contributed by atoms with Gasteiger partial charge in [0.2, 0.25) is 11.8 Å². The molecule has 1 aromatic carbocycles. The highest BCUT2D eigenvalue weighted by Gasteiger charge is 2.50. The zero-order valence-electron chi connectivity index (χ0n) is 17.6. The Bertz CT molecular complexity index is 746. The van der Waals surface area contributed by atoms with Gasteiger partial charge in [0.1, 0.15) is 12.1 Å². The molecule has 8 heteroatoms. The van der Waals surface area contributed by atoms with Gasteiger partial charge in [-0.3, -0.25) is 9.59 Å². The van der Waals surface area contributed by atoms with Crippen LogP contribution in [-0.4, -0.2) is 83.1 Å². The predicted octanol–water partition coefficient (Wildman–Crippen LogP) is 1.62. The van der Waals surface area contributed by atoms with Crippen molar-refractivity contribution in [3.63, 3.8) is 0 Å². The summed E-state index contributed by atoms with van der Waals surface area (Å²) in [4.78, 5) is 43.3. The molecule has 0 atom stereocenters. The number of aliphatic hydroxyl groups excluding tert-OH is 1. The average Bonchev–Trinajstić information content (AvgIpc) is 2.78. The summed E-state index contributed by atoms with van der Waals surface area (Å²) >= 11 is 0. The molecule has 0 bridgehead atoms. The largest absolute Gasteiger partial charge is 0.445 e. The molecule has 2 fully saturated rings. The number of carbonyl (C=O) groups excluding carboxylic acids is 3. The lowest BCUT2D eigenvalue weighted by Gasteiger charge is -2.49. The minimum absolute atomic E-state index is 0.00731. The topological polar surface area (TPSA) is 90.4 Å². The summed E-state index contributed by atoms with van der Waals surface area (Å²) < 4.78 is 5.43. The summed E-state index contributed by atoms with van der Waals surface area (Å²) in [6, 6.07) is 9.48. The molecule has 30 heavy (non-hydrogen) atoms. The van der Waals surface area contributed by atoms with E-state index in [1.165, 1.54) is 4.90 Å². The summed E-state index contributed by atoms with van der Waals surface area (Å²) in [7, 11) is 1.65. The zero-order valence-corrected chi connectivity index (χ0v) is 17.6. The lowest BCUT2D eigenvalue weighted by Crippen LogP contribution is -2.66. The summed E-state index contributed by atoms with van der Waals surface area (Å²) in [6.45, 7) is 1.52. The molecule has 8 nitrogen and oxygen atoms in total. The third-order valence-corrected chi connectivity index (χ3v) is 6.07. The number of piperidine rings is 2. The second-order valence-electron chi connectivity index (χ2n) is 8.01. The number of ether oxygens (including phenoxy) is 1. The highest BCUT2D eigenvalue weighted by molar-refractivity contribution is 5.92. The molecule has 2 saturated heterocycles. The van der Waals surface area contributed by atoms with Gasteiger partial charge in [-0.2, -0.15) is 0 Å². The number of nitrogens with zero attached hydrogens (tertiary/aromatic N) is 3. The fourth-order valence-electron chi connectivity index (χ4n) is 4.33. The third kappa shape index (κ3) is 4.75. The molecule has 2 aliphatic heterocycles. The fourth-order valence-corrected chi connectivity index (χ4v) is 4.33. The van der Waals surface area contributed by atoms with Gasteiger partial charge in [0.25, 0.3) is 0 Å². The Balaban J connectivity index is 1.68. The van der Waals surface area contributed by atoms with Crippen LogP contribution in [0.5, 0.6) is 0 Å². The molecule has 3 rings (SSSR count). The molecule has 0 aromatic heterocycles. The van der Waals surface area contributed by atoms with Crippen LogP contribution in [0.25, 0.3) is 0 Å². The van der Waals surface area contributed by atoms with Crippen LogP contribution >= 0.6 is 0 Å². The maximum Gasteiger partial charge on any atom is 0.410 e. The average molecular weight is 418 g/mol. The van der Waals surface area contributed by atoms with Gasteiger partial charge in [0, 0.05) is 39.6 Å². The standard InChI is InChI=1S/C22H31N3O5/c1-23(15-16-26)20(28)22(25-12-6-5-9-19(25)27)10-13-24(14-11-22)21(29)30-17-18-7-3-2-4-8-18/h2-4,7-8,26H,5-6,9-17H2,1H3. The molecular weight excluding hydrogens is 386 g/mol. The van der Waals surface area contributed by atoms with Gasteiger partial charge in [-0.1, -0.05) is 30.3 Å². The van der Waals surface area contributed by atoms with E-state index >= 15 is 0 Å². The number of hydrogen-bond donors (Lipinski definition) is 1. The number of aliphatic hydroxyl groups is 1. The minimum atomic E-state index is -0.961. The number of rotatable bonds is 6. The second kappa shape index (κ2) is 9.93. The van der Waals surface area contributed by atoms with Crippen LogP contribution in [0.3, 0.4) is 0 Å². The number of carbonyl (C=O) groups is 3. The number of likely N-dealkylation sites (tertiary alicyclic amines) is 2. The van der Waals surface area contributed by atoms with Gasteiger partial charge in [-0.05, 0) is 31.2 Å². The van der Waals surface area contributed by atoms with Crippen LogP contribution in [0.2, 0.25) is 0 Å². The SMILES string of the molecule is CN(CCO)C(=O)C1(N2CCCCC2=O)CCN(C(=O)OCc2ccccc2)CC1. The van der Waals surface area contributed by atoms with Crippen LogP contribution in [0.4, 0.5) is 4.79 Å². The third-order valence-electron chi connectivity index (χ3n) is 6.07. The quantitative estimate of drug-likeness (QED) is 0.760. The number of hydrogen-bond acceptors (Lipinski definition) is 5. The van der Waals surface area contributed by atoms with Crippen molar-refractivity contribution in [2.75, 3.05) is 39.8 Å². The molecule has 0 aliphatic carbocycles. The number of benzene rings is 1. The van der Waals surface area contributed by atoms with E-state index in [9.17, 15) is 19.5 Å². The molecule has 3 amide bonds.